The first-order chi connectivity index (χ1) is 10.7. The lowest BCUT2D eigenvalue weighted by Gasteiger charge is -2.25. The second-order valence-electron chi connectivity index (χ2n) is 5.97. The zero-order valence-corrected chi connectivity index (χ0v) is 14.3. The number of aromatic nitrogens is 2. The van der Waals surface area contributed by atoms with E-state index in [-0.39, 0.29) is 18.7 Å². The Hall–Kier alpha value is -1.79. The highest BCUT2D eigenvalue weighted by Crippen LogP contribution is 2.22. The molecule has 0 atom stereocenters. The van der Waals surface area contributed by atoms with Crippen LogP contribution in [-0.2, 0) is 16.0 Å². The van der Waals surface area contributed by atoms with Crippen LogP contribution in [0, 0.1) is 0 Å². The molecule has 2 heterocycles. The summed E-state index contributed by atoms with van der Waals surface area (Å²) in [5.41, 5.74) is 0.486. The first-order valence-electron chi connectivity index (χ1n) is 7.02. The molecule has 23 heavy (non-hydrogen) atoms. The van der Waals surface area contributed by atoms with Gasteiger partial charge in [-0.1, -0.05) is 23.2 Å². The summed E-state index contributed by atoms with van der Waals surface area (Å²) in [7, 11) is 0. The van der Waals surface area contributed by atoms with Crippen LogP contribution >= 0.6 is 23.2 Å². The zero-order valence-electron chi connectivity index (χ0n) is 12.8. The largest absolute Gasteiger partial charge is 0.481 e. The van der Waals surface area contributed by atoms with E-state index in [1.165, 1.54) is 0 Å². The van der Waals surface area contributed by atoms with Gasteiger partial charge in [0, 0.05) is 24.4 Å². The fourth-order valence-corrected chi connectivity index (χ4v) is 2.76. The van der Waals surface area contributed by atoms with Gasteiger partial charge in [-0.2, -0.15) is 0 Å². The van der Waals surface area contributed by atoms with E-state index in [2.05, 4.69) is 10.3 Å². The van der Waals surface area contributed by atoms with Crippen molar-refractivity contribution < 1.29 is 14.7 Å². The number of rotatable bonds is 6. The van der Waals surface area contributed by atoms with Crippen molar-refractivity contribution in [1.29, 1.82) is 0 Å². The summed E-state index contributed by atoms with van der Waals surface area (Å²) >= 11 is 12.0. The van der Waals surface area contributed by atoms with Crippen molar-refractivity contribution in [2.75, 3.05) is 0 Å². The van der Waals surface area contributed by atoms with Crippen LogP contribution in [0.15, 0.2) is 18.5 Å². The first-order valence-corrected chi connectivity index (χ1v) is 7.77. The van der Waals surface area contributed by atoms with E-state index < -0.39 is 11.5 Å². The van der Waals surface area contributed by atoms with Crippen LogP contribution < -0.4 is 5.32 Å². The number of hydrogen-bond donors (Lipinski definition) is 2. The predicted octanol–water partition coefficient (Wildman–Crippen LogP) is 2.94. The molecule has 0 aliphatic carbocycles. The third kappa shape index (κ3) is 4.84. The minimum Gasteiger partial charge on any atom is -0.481 e. The Kier molecular flexibility index (Phi) is 5.16. The number of carbonyl (C=O) groups excluding carboxylic acids is 1. The zero-order chi connectivity index (χ0) is 17.2. The molecule has 8 heteroatoms. The predicted molar refractivity (Wildman–Crippen MR) is 88.0 cm³/mol. The van der Waals surface area contributed by atoms with Gasteiger partial charge in [-0.05, 0) is 26.3 Å². The Bertz CT molecular complexity index is 756. The lowest BCUT2D eigenvalue weighted by atomic mass is 9.98. The van der Waals surface area contributed by atoms with E-state index in [0.29, 0.717) is 27.8 Å². The summed E-state index contributed by atoms with van der Waals surface area (Å²) in [6.07, 6.45) is 3.77. The van der Waals surface area contributed by atoms with Gasteiger partial charge in [-0.25, -0.2) is 4.98 Å². The number of carboxylic acids is 1. The number of carbonyl (C=O) groups is 2. The maximum absolute atomic E-state index is 12.1. The average Bonchev–Trinajstić information content (AvgIpc) is 2.78. The summed E-state index contributed by atoms with van der Waals surface area (Å²) in [5.74, 6) is -1.12. The number of nitrogens with zero attached hydrogens (tertiary/aromatic N) is 2. The molecule has 0 aromatic carbocycles. The van der Waals surface area contributed by atoms with Gasteiger partial charge in [0.25, 0.3) is 0 Å². The highest BCUT2D eigenvalue weighted by atomic mass is 35.5. The van der Waals surface area contributed by atoms with Gasteiger partial charge >= 0.3 is 5.97 Å². The van der Waals surface area contributed by atoms with Crippen LogP contribution in [-0.4, -0.2) is 31.9 Å². The number of pyridine rings is 1. The topological polar surface area (TPSA) is 83.7 Å². The standard InChI is InChI=1S/C15H17Cl2N3O3/c1-15(2,4-3-13(22)23)19-12(21)6-10-8-20-7-9(16)5-11(17)14(20)18-10/h5,7-8H,3-4,6H2,1-2H3,(H,19,21)(H,22,23). The van der Waals surface area contributed by atoms with Gasteiger partial charge in [-0.15, -0.1) is 0 Å². The maximum atomic E-state index is 12.1. The molecule has 2 aromatic heterocycles. The fourth-order valence-electron chi connectivity index (χ4n) is 2.23. The van der Waals surface area contributed by atoms with E-state index >= 15 is 0 Å². The third-order valence-corrected chi connectivity index (χ3v) is 3.79. The molecular weight excluding hydrogens is 341 g/mol. The van der Waals surface area contributed by atoms with Crippen molar-refractivity contribution in [2.24, 2.45) is 0 Å². The number of nitrogens with one attached hydrogen (secondary N) is 1. The van der Waals surface area contributed by atoms with E-state index in [9.17, 15) is 9.59 Å². The molecular formula is C15H17Cl2N3O3. The molecule has 0 aliphatic rings. The number of aliphatic carboxylic acids is 1. The maximum Gasteiger partial charge on any atom is 0.303 e. The van der Waals surface area contributed by atoms with Gasteiger partial charge in [0.2, 0.25) is 5.91 Å². The van der Waals surface area contributed by atoms with Gasteiger partial charge in [0.15, 0.2) is 5.65 Å². The quantitative estimate of drug-likeness (QED) is 0.832. The molecule has 1 amide bonds. The first kappa shape index (κ1) is 17.6. The Balaban J connectivity index is 2.05. The number of imidazole rings is 1. The summed E-state index contributed by atoms with van der Waals surface area (Å²) in [4.78, 5) is 27.1. The van der Waals surface area contributed by atoms with Gasteiger partial charge < -0.3 is 14.8 Å². The molecule has 124 valence electrons. The minimum atomic E-state index is -0.890. The van der Waals surface area contributed by atoms with Crippen molar-refractivity contribution in [3.05, 3.63) is 34.2 Å². The number of amides is 1. The number of hydrogen-bond acceptors (Lipinski definition) is 3. The highest BCUT2D eigenvalue weighted by Gasteiger charge is 2.22. The van der Waals surface area contributed by atoms with E-state index in [1.54, 1.807) is 36.7 Å². The van der Waals surface area contributed by atoms with Crippen molar-refractivity contribution in [3.8, 4) is 0 Å². The van der Waals surface area contributed by atoms with Crippen molar-refractivity contribution in [3.63, 3.8) is 0 Å². The number of fused-ring (bicyclic) bond motifs is 1. The molecule has 2 rings (SSSR count). The van der Waals surface area contributed by atoms with Gasteiger partial charge in [0.1, 0.15) is 0 Å². The van der Waals surface area contributed by atoms with Crippen LogP contribution in [0.1, 0.15) is 32.4 Å². The molecule has 0 saturated heterocycles. The molecule has 0 radical (unpaired) electrons. The van der Waals surface area contributed by atoms with E-state index in [1.807, 2.05) is 0 Å². The SMILES string of the molecule is CC(C)(CCC(=O)O)NC(=O)Cc1cn2cc(Cl)cc(Cl)c2n1. The fraction of sp³-hybridized carbons (Fsp3) is 0.400. The molecule has 6 nitrogen and oxygen atoms in total. The third-order valence-electron chi connectivity index (χ3n) is 3.31. The van der Waals surface area contributed by atoms with Gasteiger partial charge in [-0.3, -0.25) is 9.59 Å². The van der Waals surface area contributed by atoms with E-state index in [4.69, 9.17) is 28.3 Å². The Morgan fingerprint density at radius 2 is 2.04 bits per heavy atom. The van der Waals surface area contributed by atoms with Crippen molar-refractivity contribution >= 4 is 40.7 Å². The van der Waals surface area contributed by atoms with Crippen LogP contribution in [0.3, 0.4) is 0 Å². The lowest BCUT2D eigenvalue weighted by Crippen LogP contribution is -2.44. The Morgan fingerprint density at radius 3 is 2.70 bits per heavy atom. The van der Waals surface area contributed by atoms with Gasteiger partial charge in [0.05, 0.1) is 22.2 Å². The second-order valence-corrected chi connectivity index (χ2v) is 6.82. The normalized spacial score (nSPS) is 11.7. The van der Waals surface area contributed by atoms with Crippen LogP contribution in [0.2, 0.25) is 10.0 Å². The second kappa shape index (κ2) is 6.76. The molecule has 2 N–H and O–H groups in total. The van der Waals surface area contributed by atoms with E-state index in [0.717, 1.165) is 0 Å². The molecule has 0 aliphatic heterocycles. The molecule has 0 bridgehead atoms. The monoisotopic (exact) mass is 357 g/mol. The molecule has 0 spiro atoms. The smallest absolute Gasteiger partial charge is 0.303 e. The number of carboxylic acid groups (broad SMARTS) is 1. The molecule has 0 saturated carbocycles. The number of halogens is 2. The van der Waals surface area contributed by atoms with Crippen LogP contribution in [0.5, 0.6) is 0 Å². The Labute approximate surface area is 143 Å². The minimum absolute atomic E-state index is 0.00421. The molecule has 2 aromatic rings. The summed E-state index contributed by atoms with van der Waals surface area (Å²) < 4.78 is 1.67. The summed E-state index contributed by atoms with van der Waals surface area (Å²) in [6.45, 7) is 3.57. The molecule has 0 unspecified atom stereocenters. The van der Waals surface area contributed by atoms with Crippen LogP contribution in [0.4, 0.5) is 0 Å². The summed E-state index contributed by atoms with van der Waals surface area (Å²) in [5, 5.41) is 12.4. The molecule has 0 fully saturated rings. The van der Waals surface area contributed by atoms with Crippen molar-refractivity contribution in [1.82, 2.24) is 14.7 Å². The Morgan fingerprint density at radius 1 is 1.35 bits per heavy atom. The van der Waals surface area contributed by atoms with Crippen molar-refractivity contribution in [2.45, 2.75) is 38.6 Å². The lowest BCUT2D eigenvalue weighted by molar-refractivity contribution is -0.137. The van der Waals surface area contributed by atoms with Crippen LogP contribution in [0.25, 0.3) is 5.65 Å². The summed E-state index contributed by atoms with van der Waals surface area (Å²) in [6, 6.07) is 1.59. The average molecular weight is 358 g/mol. The highest BCUT2D eigenvalue weighted by molar-refractivity contribution is 6.36.